The van der Waals surface area contributed by atoms with Crippen molar-refractivity contribution in [3.8, 4) is 11.5 Å². The molecule has 0 aliphatic carbocycles. The Kier molecular flexibility index (Phi) is 4.96. The summed E-state index contributed by atoms with van der Waals surface area (Å²) in [6, 6.07) is 6.72. The van der Waals surface area contributed by atoms with Crippen LogP contribution in [0, 0.1) is 11.6 Å². The van der Waals surface area contributed by atoms with Gasteiger partial charge in [0.15, 0.2) is 12.4 Å². The molecule has 152 valence electrons. The van der Waals surface area contributed by atoms with Gasteiger partial charge in [0.25, 0.3) is 5.91 Å². The van der Waals surface area contributed by atoms with E-state index in [2.05, 4.69) is 10.6 Å². The van der Waals surface area contributed by atoms with Gasteiger partial charge in [0.1, 0.15) is 29.6 Å². The van der Waals surface area contributed by atoms with Crippen molar-refractivity contribution in [3.05, 3.63) is 47.5 Å². The molecule has 0 radical (unpaired) electrons. The van der Waals surface area contributed by atoms with Crippen molar-refractivity contribution in [2.45, 2.75) is 19.0 Å². The molecular formula is C20H19F2N3O4. The zero-order valence-electron chi connectivity index (χ0n) is 15.6. The second-order valence-corrected chi connectivity index (χ2v) is 6.87. The average molecular weight is 403 g/mol. The number of hydrogen-bond donors (Lipinski definition) is 2. The van der Waals surface area contributed by atoms with Crippen LogP contribution in [0.3, 0.4) is 0 Å². The van der Waals surface area contributed by atoms with Crippen LogP contribution < -0.4 is 25.0 Å². The monoisotopic (exact) mass is 403 g/mol. The summed E-state index contributed by atoms with van der Waals surface area (Å²) >= 11 is 0. The molecule has 0 unspecified atom stereocenters. The Bertz CT molecular complexity index is 982. The van der Waals surface area contributed by atoms with Gasteiger partial charge in [0.05, 0.1) is 18.2 Å². The lowest BCUT2D eigenvalue weighted by atomic mass is 10.0. The predicted molar refractivity (Wildman–Crippen MR) is 101 cm³/mol. The SMILES string of the molecule is CNC(=O)C[C@@H]1COc2cc(F)cc(F)c2N1Cc1ccc2c(c1)NC(=O)CO2. The van der Waals surface area contributed by atoms with Crippen molar-refractivity contribution in [1.82, 2.24) is 5.32 Å². The number of hydrogen-bond acceptors (Lipinski definition) is 5. The Morgan fingerprint density at radius 1 is 1.24 bits per heavy atom. The summed E-state index contributed by atoms with van der Waals surface area (Å²) in [7, 11) is 1.52. The van der Waals surface area contributed by atoms with Crippen LogP contribution in [-0.4, -0.2) is 38.1 Å². The van der Waals surface area contributed by atoms with Gasteiger partial charge >= 0.3 is 0 Å². The second-order valence-electron chi connectivity index (χ2n) is 6.87. The maximum Gasteiger partial charge on any atom is 0.262 e. The fourth-order valence-corrected chi connectivity index (χ4v) is 3.51. The zero-order valence-corrected chi connectivity index (χ0v) is 15.6. The first-order chi connectivity index (χ1) is 13.9. The first kappa shape index (κ1) is 19.0. The van der Waals surface area contributed by atoms with Gasteiger partial charge in [-0.3, -0.25) is 9.59 Å². The van der Waals surface area contributed by atoms with Crippen molar-refractivity contribution in [3.63, 3.8) is 0 Å². The van der Waals surface area contributed by atoms with Crippen molar-refractivity contribution in [2.75, 3.05) is 30.5 Å². The van der Waals surface area contributed by atoms with Crippen LogP contribution in [0.4, 0.5) is 20.2 Å². The number of ether oxygens (including phenoxy) is 2. The standard InChI is InChI=1S/C20H19F2N3O4/c1-23-18(26)7-13-9-28-17-6-12(21)5-14(22)20(17)25(13)8-11-2-3-16-15(4-11)24-19(27)10-29-16/h2-6,13H,7-10H2,1H3,(H,23,26)(H,24,27)/t13-/m1/s1. The van der Waals surface area contributed by atoms with Crippen LogP contribution in [0.25, 0.3) is 0 Å². The first-order valence-corrected chi connectivity index (χ1v) is 9.09. The number of nitrogens with zero attached hydrogens (tertiary/aromatic N) is 1. The molecular weight excluding hydrogens is 384 g/mol. The Morgan fingerprint density at radius 3 is 2.86 bits per heavy atom. The molecule has 2 N–H and O–H groups in total. The van der Waals surface area contributed by atoms with E-state index in [1.165, 1.54) is 7.05 Å². The summed E-state index contributed by atoms with van der Waals surface area (Å²) in [6.07, 6.45) is 0.0809. The van der Waals surface area contributed by atoms with E-state index in [-0.39, 0.29) is 49.4 Å². The Morgan fingerprint density at radius 2 is 2.07 bits per heavy atom. The zero-order chi connectivity index (χ0) is 20.5. The third-order valence-corrected chi connectivity index (χ3v) is 4.88. The minimum absolute atomic E-state index is 0.0475. The highest BCUT2D eigenvalue weighted by molar-refractivity contribution is 5.95. The van der Waals surface area contributed by atoms with Crippen LogP contribution in [0.5, 0.6) is 11.5 Å². The van der Waals surface area contributed by atoms with E-state index in [9.17, 15) is 18.4 Å². The lowest BCUT2D eigenvalue weighted by molar-refractivity contribution is -0.121. The quantitative estimate of drug-likeness (QED) is 0.818. The normalized spacial score (nSPS) is 17.4. The molecule has 29 heavy (non-hydrogen) atoms. The van der Waals surface area contributed by atoms with Crippen LogP contribution in [-0.2, 0) is 16.1 Å². The molecule has 2 aliphatic rings. The summed E-state index contributed by atoms with van der Waals surface area (Å²) in [5, 5.41) is 5.28. The highest BCUT2D eigenvalue weighted by Gasteiger charge is 2.32. The molecule has 0 aromatic heterocycles. The Labute approximate surface area is 165 Å². The maximum atomic E-state index is 14.7. The third-order valence-electron chi connectivity index (χ3n) is 4.88. The number of anilines is 2. The van der Waals surface area contributed by atoms with Gasteiger partial charge < -0.3 is 25.0 Å². The van der Waals surface area contributed by atoms with Crippen LogP contribution >= 0.6 is 0 Å². The van der Waals surface area contributed by atoms with Crippen molar-refractivity contribution in [1.29, 1.82) is 0 Å². The van der Waals surface area contributed by atoms with Gasteiger partial charge in [0.2, 0.25) is 5.91 Å². The minimum Gasteiger partial charge on any atom is -0.489 e. The van der Waals surface area contributed by atoms with Gasteiger partial charge in [-0.05, 0) is 17.7 Å². The van der Waals surface area contributed by atoms with Crippen LogP contribution in [0.15, 0.2) is 30.3 Å². The molecule has 2 aliphatic heterocycles. The van der Waals surface area contributed by atoms with E-state index in [1.807, 2.05) is 0 Å². The van der Waals surface area contributed by atoms with Crippen molar-refractivity contribution >= 4 is 23.2 Å². The van der Waals surface area contributed by atoms with E-state index in [4.69, 9.17) is 9.47 Å². The van der Waals surface area contributed by atoms with E-state index >= 15 is 0 Å². The van der Waals surface area contributed by atoms with Gasteiger partial charge in [-0.25, -0.2) is 8.78 Å². The Balaban J connectivity index is 1.69. The summed E-state index contributed by atoms with van der Waals surface area (Å²) < 4.78 is 39.2. The molecule has 0 fully saturated rings. The number of fused-ring (bicyclic) bond motifs is 2. The highest BCUT2D eigenvalue weighted by Crippen LogP contribution is 2.39. The van der Waals surface area contributed by atoms with Crippen LogP contribution in [0.2, 0.25) is 0 Å². The number of nitrogens with one attached hydrogen (secondary N) is 2. The minimum atomic E-state index is -0.767. The molecule has 2 heterocycles. The third kappa shape index (κ3) is 3.80. The number of rotatable bonds is 4. The molecule has 0 spiro atoms. The molecule has 0 saturated heterocycles. The van der Waals surface area contributed by atoms with Gasteiger partial charge in [-0.15, -0.1) is 0 Å². The highest BCUT2D eigenvalue weighted by atomic mass is 19.1. The lowest BCUT2D eigenvalue weighted by Gasteiger charge is -2.38. The van der Waals surface area contributed by atoms with E-state index in [0.717, 1.165) is 17.7 Å². The van der Waals surface area contributed by atoms with Crippen molar-refractivity contribution in [2.24, 2.45) is 0 Å². The number of halogens is 2. The second kappa shape index (κ2) is 7.57. The number of carbonyl (C=O) groups excluding carboxylic acids is 2. The predicted octanol–water partition coefficient (Wildman–Crippen LogP) is 2.20. The molecule has 2 aromatic carbocycles. The van der Waals surface area contributed by atoms with Gasteiger partial charge in [0, 0.05) is 25.7 Å². The molecule has 2 amide bonds. The molecule has 9 heteroatoms. The fourth-order valence-electron chi connectivity index (χ4n) is 3.51. The number of benzene rings is 2. The summed E-state index contributed by atoms with van der Waals surface area (Å²) in [5.41, 5.74) is 1.38. The van der Waals surface area contributed by atoms with Gasteiger partial charge in [-0.2, -0.15) is 0 Å². The summed E-state index contributed by atoms with van der Waals surface area (Å²) in [5.74, 6) is -1.35. The smallest absolute Gasteiger partial charge is 0.262 e. The maximum absolute atomic E-state index is 14.7. The molecule has 1 atom stereocenters. The van der Waals surface area contributed by atoms with Gasteiger partial charge in [-0.1, -0.05) is 6.07 Å². The molecule has 7 nitrogen and oxygen atoms in total. The largest absolute Gasteiger partial charge is 0.489 e. The molecule has 0 saturated carbocycles. The Hall–Kier alpha value is -3.36. The summed E-state index contributed by atoms with van der Waals surface area (Å²) in [4.78, 5) is 25.2. The number of amides is 2. The molecule has 4 rings (SSSR count). The summed E-state index contributed by atoms with van der Waals surface area (Å²) in [6.45, 7) is 0.284. The van der Waals surface area contributed by atoms with E-state index in [1.54, 1.807) is 23.1 Å². The molecule has 0 bridgehead atoms. The fraction of sp³-hybridized carbons (Fsp3) is 0.300. The average Bonchev–Trinajstić information content (AvgIpc) is 2.68. The van der Waals surface area contributed by atoms with E-state index in [0.29, 0.717) is 11.4 Å². The van der Waals surface area contributed by atoms with Crippen LogP contribution in [0.1, 0.15) is 12.0 Å². The number of carbonyl (C=O) groups is 2. The van der Waals surface area contributed by atoms with Crippen molar-refractivity contribution < 1.29 is 27.8 Å². The first-order valence-electron chi connectivity index (χ1n) is 9.09. The lowest BCUT2D eigenvalue weighted by Crippen LogP contribution is -2.45. The van der Waals surface area contributed by atoms with E-state index < -0.39 is 17.7 Å². The molecule has 2 aromatic rings. The topological polar surface area (TPSA) is 79.9 Å².